The summed E-state index contributed by atoms with van der Waals surface area (Å²) in [6, 6.07) is 7.89. The maximum Gasteiger partial charge on any atom is 0.343 e. The number of rotatable bonds is 5. The van der Waals surface area contributed by atoms with Gasteiger partial charge in [0.2, 0.25) is 0 Å². The first-order chi connectivity index (χ1) is 14.5. The van der Waals surface area contributed by atoms with E-state index in [0.717, 1.165) is 61.5 Å². The number of hydrogen-bond acceptors (Lipinski definition) is 5. The molecule has 1 heterocycles. The molecular weight excluding hydrogens is 378 g/mol. The van der Waals surface area contributed by atoms with Crippen molar-refractivity contribution in [3.05, 3.63) is 70.4 Å². The molecule has 0 radical (unpaired) electrons. The Bertz CT molecular complexity index is 929. The van der Waals surface area contributed by atoms with E-state index < -0.39 is 0 Å². The lowest BCUT2D eigenvalue weighted by molar-refractivity contribution is 0.0567. The first-order valence-corrected chi connectivity index (χ1v) is 10.7. The van der Waals surface area contributed by atoms with Gasteiger partial charge in [-0.2, -0.15) is 0 Å². The van der Waals surface area contributed by atoms with Crippen LogP contribution in [0.3, 0.4) is 0 Å². The predicted molar refractivity (Wildman–Crippen MR) is 116 cm³/mol. The van der Waals surface area contributed by atoms with Gasteiger partial charge in [-0.3, -0.25) is 0 Å². The Morgan fingerprint density at radius 1 is 1.17 bits per heavy atom. The van der Waals surface area contributed by atoms with Crippen LogP contribution in [-0.4, -0.2) is 44.7 Å². The summed E-state index contributed by atoms with van der Waals surface area (Å²) in [7, 11) is 5.58. The highest BCUT2D eigenvalue weighted by Crippen LogP contribution is 2.53. The fraction of sp³-hybridized carbons (Fsp3) is 0.480. The molecule has 0 amide bonds. The number of allylic oxidation sites excluding steroid dienone is 3. The Kier molecular flexibility index (Phi) is 5.74. The van der Waals surface area contributed by atoms with Crippen LogP contribution in [-0.2, 0) is 14.2 Å². The van der Waals surface area contributed by atoms with E-state index in [-0.39, 0.29) is 11.4 Å². The summed E-state index contributed by atoms with van der Waals surface area (Å²) in [6.45, 7) is 2.98. The summed E-state index contributed by atoms with van der Waals surface area (Å²) < 4.78 is 17.0. The summed E-state index contributed by atoms with van der Waals surface area (Å²) in [5.41, 5.74) is 3.06. The predicted octanol–water partition coefficient (Wildman–Crippen LogP) is 4.74. The summed E-state index contributed by atoms with van der Waals surface area (Å²) >= 11 is 0. The van der Waals surface area contributed by atoms with Gasteiger partial charge in [-0.05, 0) is 63.6 Å². The molecule has 1 aliphatic heterocycles. The number of aryl methyl sites for hydroxylation is 1. The van der Waals surface area contributed by atoms with Crippen molar-refractivity contribution in [2.24, 2.45) is 5.41 Å². The quantitative estimate of drug-likeness (QED) is 0.657. The Balaban J connectivity index is 1.59. The van der Waals surface area contributed by atoms with Gasteiger partial charge in [0.15, 0.2) is 5.76 Å². The lowest BCUT2D eigenvalue weighted by atomic mass is 9.65. The second kappa shape index (κ2) is 8.31. The number of ether oxygens (including phenoxy) is 3. The maximum atomic E-state index is 12.7. The van der Waals surface area contributed by atoms with Gasteiger partial charge in [0.25, 0.3) is 0 Å². The summed E-state index contributed by atoms with van der Waals surface area (Å²) in [5, 5.41) is 0. The van der Waals surface area contributed by atoms with Crippen molar-refractivity contribution in [1.29, 1.82) is 0 Å². The summed E-state index contributed by atoms with van der Waals surface area (Å²) in [4.78, 5) is 15.1. The Morgan fingerprint density at radius 3 is 2.70 bits per heavy atom. The van der Waals surface area contributed by atoms with E-state index in [1.165, 1.54) is 5.57 Å². The number of carbonyl (C=O) groups excluding carboxylic acids is 1. The van der Waals surface area contributed by atoms with Crippen molar-refractivity contribution in [3.63, 3.8) is 0 Å². The number of benzene rings is 1. The van der Waals surface area contributed by atoms with E-state index in [2.05, 4.69) is 24.1 Å². The number of methoxy groups -OCH3 is 2. The van der Waals surface area contributed by atoms with Gasteiger partial charge in [0.05, 0.1) is 19.8 Å². The SMILES string of the molecule is COC1=C(OC)CCC([C@@]23CC=C(OC(=O)c4ccccc4C)C[C@@H]2N(C)CC3)=C1. The number of nitrogens with zero attached hydrogens (tertiary/aromatic N) is 1. The van der Waals surface area contributed by atoms with Crippen LogP contribution in [0.1, 0.15) is 48.0 Å². The molecule has 30 heavy (non-hydrogen) atoms. The van der Waals surface area contributed by atoms with Crippen LogP contribution in [0, 0.1) is 12.3 Å². The molecule has 2 aliphatic carbocycles. The smallest absolute Gasteiger partial charge is 0.343 e. The molecule has 5 heteroatoms. The first kappa shape index (κ1) is 20.7. The van der Waals surface area contributed by atoms with Crippen molar-refractivity contribution in [1.82, 2.24) is 4.90 Å². The minimum Gasteiger partial charge on any atom is -0.497 e. The molecule has 1 saturated heterocycles. The molecule has 1 fully saturated rings. The fourth-order valence-corrected chi connectivity index (χ4v) is 5.29. The highest BCUT2D eigenvalue weighted by atomic mass is 16.5. The monoisotopic (exact) mass is 409 g/mol. The molecule has 1 aromatic rings. The molecule has 0 unspecified atom stereocenters. The molecule has 0 saturated carbocycles. The Hall–Kier alpha value is -2.53. The molecule has 0 aromatic heterocycles. The van der Waals surface area contributed by atoms with Crippen LogP contribution in [0.4, 0.5) is 0 Å². The van der Waals surface area contributed by atoms with Crippen molar-refractivity contribution in [2.45, 2.75) is 45.1 Å². The van der Waals surface area contributed by atoms with E-state index in [0.29, 0.717) is 11.6 Å². The second-order valence-electron chi connectivity index (χ2n) is 8.55. The molecule has 0 spiro atoms. The van der Waals surface area contributed by atoms with Crippen LogP contribution in [0.15, 0.2) is 59.3 Å². The van der Waals surface area contributed by atoms with Gasteiger partial charge in [-0.1, -0.05) is 23.8 Å². The van der Waals surface area contributed by atoms with Crippen molar-refractivity contribution in [3.8, 4) is 0 Å². The minimum atomic E-state index is -0.265. The minimum absolute atomic E-state index is 0.0658. The van der Waals surface area contributed by atoms with Crippen molar-refractivity contribution < 1.29 is 19.0 Å². The average Bonchev–Trinajstić information content (AvgIpc) is 3.10. The zero-order valence-corrected chi connectivity index (χ0v) is 18.4. The number of likely N-dealkylation sites (tertiary alicyclic amines) is 1. The Labute approximate surface area is 179 Å². The number of fused-ring (bicyclic) bond motifs is 1. The highest BCUT2D eigenvalue weighted by molar-refractivity contribution is 5.91. The largest absolute Gasteiger partial charge is 0.497 e. The van der Waals surface area contributed by atoms with Crippen LogP contribution < -0.4 is 0 Å². The van der Waals surface area contributed by atoms with E-state index >= 15 is 0 Å². The molecule has 0 bridgehead atoms. The normalized spacial score (nSPS) is 26.6. The molecule has 5 nitrogen and oxygen atoms in total. The van der Waals surface area contributed by atoms with Gasteiger partial charge in [0.1, 0.15) is 11.5 Å². The van der Waals surface area contributed by atoms with Gasteiger partial charge < -0.3 is 19.1 Å². The Morgan fingerprint density at radius 2 is 1.97 bits per heavy atom. The van der Waals surface area contributed by atoms with Crippen LogP contribution >= 0.6 is 0 Å². The summed E-state index contributed by atoms with van der Waals surface area (Å²) in [6.07, 6.45) is 8.89. The standard InChI is InChI=1S/C25H31NO4/c1-17-7-5-6-8-20(17)24(27)30-19-11-12-25(13-14-26(2)23(25)16-19)18-9-10-21(28-3)22(15-18)29-4/h5-8,11,15,23H,9-10,12-14,16H2,1-4H3/t23-,25-/m0/s1. The van der Waals surface area contributed by atoms with Gasteiger partial charge in [-0.15, -0.1) is 0 Å². The van der Waals surface area contributed by atoms with Gasteiger partial charge in [0, 0.05) is 24.3 Å². The highest BCUT2D eigenvalue weighted by Gasteiger charge is 2.50. The molecule has 0 N–H and O–H groups in total. The molecule has 2 atom stereocenters. The molecule has 4 rings (SSSR count). The maximum absolute atomic E-state index is 12.7. The molecule has 3 aliphatic rings. The lowest BCUT2D eigenvalue weighted by Gasteiger charge is -2.43. The van der Waals surface area contributed by atoms with Crippen LogP contribution in [0.5, 0.6) is 0 Å². The van der Waals surface area contributed by atoms with Gasteiger partial charge in [-0.25, -0.2) is 4.79 Å². The fourth-order valence-electron chi connectivity index (χ4n) is 5.29. The topological polar surface area (TPSA) is 48.0 Å². The second-order valence-corrected chi connectivity index (χ2v) is 8.55. The number of carbonyl (C=O) groups is 1. The molecule has 1 aromatic carbocycles. The number of esters is 1. The van der Waals surface area contributed by atoms with E-state index in [9.17, 15) is 4.79 Å². The third-order valence-corrected chi connectivity index (χ3v) is 7.07. The third-order valence-electron chi connectivity index (χ3n) is 7.07. The average molecular weight is 410 g/mol. The van der Waals surface area contributed by atoms with E-state index in [1.807, 2.05) is 31.2 Å². The molecular formula is C25H31NO4. The number of hydrogen-bond donors (Lipinski definition) is 0. The zero-order chi connectivity index (χ0) is 21.3. The van der Waals surface area contributed by atoms with E-state index in [4.69, 9.17) is 14.2 Å². The lowest BCUT2D eigenvalue weighted by Crippen LogP contribution is -2.42. The molecule has 160 valence electrons. The van der Waals surface area contributed by atoms with E-state index in [1.54, 1.807) is 14.2 Å². The van der Waals surface area contributed by atoms with Crippen molar-refractivity contribution >= 4 is 5.97 Å². The zero-order valence-electron chi connectivity index (χ0n) is 18.4. The van der Waals surface area contributed by atoms with Gasteiger partial charge >= 0.3 is 5.97 Å². The third kappa shape index (κ3) is 3.56. The van der Waals surface area contributed by atoms with Crippen LogP contribution in [0.2, 0.25) is 0 Å². The van der Waals surface area contributed by atoms with Crippen molar-refractivity contribution in [2.75, 3.05) is 27.8 Å². The van der Waals surface area contributed by atoms with Crippen LogP contribution in [0.25, 0.3) is 0 Å². The first-order valence-electron chi connectivity index (χ1n) is 10.7. The summed E-state index contributed by atoms with van der Waals surface area (Å²) in [5.74, 6) is 2.27.